The topological polar surface area (TPSA) is 81.9 Å². The molecule has 6 nitrogen and oxygen atoms in total. The van der Waals surface area contributed by atoms with Crippen molar-refractivity contribution in [2.75, 3.05) is 18.0 Å². The summed E-state index contributed by atoms with van der Waals surface area (Å²) in [5.74, 6) is 1.30. The lowest BCUT2D eigenvalue weighted by Crippen LogP contribution is -2.44. The third kappa shape index (κ3) is 4.30. The van der Waals surface area contributed by atoms with Crippen molar-refractivity contribution in [1.82, 2.24) is 15.3 Å². The zero-order chi connectivity index (χ0) is 18.5. The fraction of sp³-hybridized carbons (Fsp3) is 0.368. The van der Waals surface area contributed by atoms with Crippen LogP contribution in [0, 0.1) is 18.3 Å². The second kappa shape index (κ2) is 8.15. The number of benzene rings is 1. The molecule has 1 aliphatic heterocycles. The number of amides is 1. The molecule has 2 aromatic rings. The summed E-state index contributed by atoms with van der Waals surface area (Å²) in [6.07, 6.45) is 2.46. The summed E-state index contributed by atoms with van der Waals surface area (Å²) in [5, 5.41) is 12.2. The summed E-state index contributed by atoms with van der Waals surface area (Å²) in [4.78, 5) is 23.1. The molecule has 0 aliphatic carbocycles. The molecule has 26 heavy (non-hydrogen) atoms. The van der Waals surface area contributed by atoms with Gasteiger partial charge in [-0.25, -0.2) is 9.97 Å². The van der Waals surface area contributed by atoms with Gasteiger partial charge < -0.3 is 10.2 Å². The lowest BCUT2D eigenvalue weighted by atomic mass is 10.1. The van der Waals surface area contributed by atoms with E-state index >= 15 is 0 Å². The number of halogens is 1. The Hall–Kier alpha value is -2.65. The molecule has 0 radical (unpaired) electrons. The first-order valence-electron chi connectivity index (χ1n) is 8.61. The molecule has 0 saturated carbocycles. The van der Waals surface area contributed by atoms with Crippen molar-refractivity contribution in [1.29, 1.82) is 5.26 Å². The van der Waals surface area contributed by atoms with E-state index < -0.39 is 0 Å². The average molecular weight is 370 g/mol. The largest absolute Gasteiger partial charge is 0.354 e. The standard InChI is InChI=1S/C19H20ClN5O/c1-13-23-17(20)11-18(24-13)25-10-2-3-16(25)19(26)22-9-8-14-4-6-15(12-21)7-5-14/h4-7,11,16H,2-3,8-10H2,1H3,(H,22,26)/t16-/m0/s1. The van der Waals surface area contributed by atoms with Crippen molar-refractivity contribution in [3.8, 4) is 6.07 Å². The Balaban J connectivity index is 1.58. The van der Waals surface area contributed by atoms with Crippen LogP contribution in [0.3, 0.4) is 0 Å². The van der Waals surface area contributed by atoms with Gasteiger partial charge in [-0.15, -0.1) is 0 Å². The number of nitrogens with one attached hydrogen (secondary N) is 1. The maximum Gasteiger partial charge on any atom is 0.242 e. The first kappa shape index (κ1) is 18.2. The third-order valence-corrected chi connectivity index (χ3v) is 4.63. The quantitative estimate of drug-likeness (QED) is 0.819. The lowest BCUT2D eigenvalue weighted by molar-refractivity contribution is -0.122. The molecule has 1 aliphatic rings. The van der Waals surface area contributed by atoms with Crippen molar-refractivity contribution in [2.24, 2.45) is 0 Å². The van der Waals surface area contributed by atoms with Crippen LogP contribution in [-0.2, 0) is 11.2 Å². The van der Waals surface area contributed by atoms with Gasteiger partial charge in [-0.3, -0.25) is 4.79 Å². The van der Waals surface area contributed by atoms with Gasteiger partial charge >= 0.3 is 0 Å². The van der Waals surface area contributed by atoms with E-state index in [0.717, 1.165) is 31.4 Å². The molecule has 0 bridgehead atoms. The van der Waals surface area contributed by atoms with Crippen LogP contribution in [0.1, 0.15) is 29.8 Å². The Labute approximate surface area is 157 Å². The molecule has 7 heteroatoms. The first-order valence-corrected chi connectivity index (χ1v) is 8.99. The van der Waals surface area contributed by atoms with Crippen molar-refractivity contribution in [3.63, 3.8) is 0 Å². The Morgan fingerprint density at radius 2 is 2.15 bits per heavy atom. The van der Waals surface area contributed by atoms with Crippen LogP contribution in [0.5, 0.6) is 0 Å². The molecule has 0 spiro atoms. The molecule has 3 rings (SSSR count). The summed E-state index contributed by atoms with van der Waals surface area (Å²) < 4.78 is 0. The third-order valence-electron chi connectivity index (χ3n) is 4.44. The van der Waals surface area contributed by atoms with Gasteiger partial charge in [-0.1, -0.05) is 23.7 Å². The van der Waals surface area contributed by atoms with Crippen molar-refractivity contribution >= 4 is 23.3 Å². The molecule has 2 heterocycles. The van der Waals surface area contributed by atoms with E-state index in [-0.39, 0.29) is 11.9 Å². The van der Waals surface area contributed by atoms with Crippen LogP contribution < -0.4 is 10.2 Å². The molecule has 1 atom stereocenters. The number of nitriles is 1. The van der Waals surface area contributed by atoms with Crippen molar-refractivity contribution < 1.29 is 4.79 Å². The molecule has 1 N–H and O–H groups in total. The molecule has 1 aromatic carbocycles. The van der Waals surface area contributed by atoms with Gasteiger partial charge in [-0.05, 0) is 43.9 Å². The van der Waals surface area contributed by atoms with Crippen LogP contribution in [-0.4, -0.2) is 35.0 Å². The zero-order valence-corrected chi connectivity index (χ0v) is 15.3. The number of carbonyl (C=O) groups excluding carboxylic acids is 1. The number of aromatic nitrogens is 2. The summed E-state index contributed by atoms with van der Waals surface area (Å²) in [6, 6.07) is 11.0. The predicted molar refractivity (Wildman–Crippen MR) is 100 cm³/mol. The average Bonchev–Trinajstić information content (AvgIpc) is 3.11. The summed E-state index contributed by atoms with van der Waals surface area (Å²) in [6.45, 7) is 3.12. The number of anilines is 1. The van der Waals surface area contributed by atoms with E-state index in [1.807, 2.05) is 17.0 Å². The van der Waals surface area contributed by atoms with E-state index in [1.165, 1.54) is 0 Å². The minimum atomic E-state index is -0.235. The Morgan fingerprint density at radius 1 is 1.38 bits per heavy atom. The SMILES string of the molecule is Cc1nc(Cl)cc(N2CCC[C@H]2C(=O)NCCc2ccc(C#N)cc2)n1. The van der Waals surface area contributed by atoms with Gasteiger partial charge in [0.25, 0.3) is 0 Å². The summed E-state index contributed by atoms with van der Waals surface area (Å²) in [5.41, 5.74) is 1.73. The van der Waals surface area contributed by atoms with Crippen LogP contribution in [0.25, 0.3) is 0 Å². The highest BCUT2D eigenvalue weighted by Crippen LogP contribution is 2.25. The molecule has 1 saturated heterocycles. The number of carbonyl (C=O) groups is 1. The molecule has 1 fully saturated rings. The Morgan fingerprint density at radius 3 is 2.85 bits per heavy atom. The highest BCUT2D eigenvalue weighted by molar-refractivity contribution is 6.29. The number of aryl methyl sites for hydroxylation is 1. The highest BCUT2D eigenvalue weighted by Gasteiger charge is 2.31. The summed E-state index contributed by atoms with van der Waals surface area (Å²) >= 11 is 6.03. The second-order valence-electron chi connectivity index (χ2n) is 6.30. The minimum absolute atomic E-state index is 0.00327. The van der Waals surface area contributed by atoms with Crippen LogP contribution in [0.2, 0.25) is 5.15 Å². The van der Waals surface area contributed by atoms with Gasteiger partial charge in [0.1, 0.15) is 22.8 Å². The number of hydrogen-bond acceptors (Lipinski definition) is 5. The molecular weight excluding hydrogens is 350 g/mol. The zero-order valence-electron chi connectivity index (χ0n) is 14.6. The minimum Gasteiger partial charge on any atom is -0.354 e. The monoisotopic (exact) mass is 369 g/mol. The fourth-order valence-corrected chi connectivity index (χ4v) is 3.39. The molecule has 1 amide bonds. The predicted octanol–water partition coefficient (Wildman–Crippen LogP) is 2.64. The smallest absolute Gasteiger partial charge is 0.242 e. The van der Waals surface area contributed by atoms with Crippen LogP contribution in [0.15, 0.2) is 30.3 Å². The fourth-order valence-electron chi connectivity index (χ4n) is 3.17. The van der Waals surface area contributed by atoms with E-state index in [0.29, 0.717) is 28.9 Å². The maximum atomic E-state index is 12.6. The number of nitrogens with zero attached hydrogens (tertiary/aromatic N) is 4. The van der Waals surface area contributed by atoms with Gasteiger partial charge in [0.2, 0.25) is 5.91 Å². The molecule has 0 unspecified atom stereocenters. The highest BCUT2D eigenvalue weighted by atomic mass is 35.5. The van der Waals surface area contributed by atoms with E-state index in [1.54, 1.807) is 25.1 Å². The number of hydrogen-bond donors (Lipinski definition) is 1. The van der Waals surface area contributed by atoms with E-state index in [2.05, 4.69) is 21.4 Å². The van der Waals surface area contributed by atoms with Crippen LogP contribution in [0.4, 0.5) is 5.82 Å². The van der Waals surface area contributed by atoms with Gasteiger partial charge in [0.15, 0.2) is 0 Å². The lowest BCUT2D eigenvalue weighted by Gasteiger charge is -2.25. The van der Waals surface area contributed by atoms with Crippen LogP contribution >= 0.6 is 11.6 Å². The normalized spacial score (nSPS) is 16.3. The second-order valence-corrected chi connectivity index (χ2v) is 6.68. The van der Waals surface area contributed by atoms with E-state index in [9.17, 15) is 4.79 Å². The van der Waals surface area contributed by atoms with Crippen molar-refractivity contribution in [2.45, 2.75) is 32.2 Å². The Bertz CT molecular complexity index is 811. The van der Waals surface area contributed by atoms with Gasteiger partial charge in [0.05, 0.1) is 11.6 Å². The van der Waals surface area contributed by atoms with Crippen molar-refractivity contribution in [3.05, 3.63) is 52.4 Å². The molecule has 1 aromatic heterocycles. The summed E-state index contributed by atoms with van der Waals surface area (Å²) in [7, 11) is 0. The maximum absolute atomic E-state index is 12.6. The number of rotatable bonds is 5. The van der Waals surface area contributed by atoms with E-state index in [4.69, 9.17) is 16.9 Å². The van der Waals surface area contributed by atoms with Gasteiger partial charge in [-0.2, -0.15) is 5.26 Å². The van der Waals surface area contributed by atoms with Gasteiger partial charge in [0, 0.05) is 19.2 Å². The Kier molecular flexibility index (Phi) is 5.69. The molecular formula is C19H20ClN5O. The molecule has 134 valence electrons. The first-order chi connectivity index (χ1) is 12.6.